The molecule has 0 spiro atoms. The lowest BCUT2D eigenvalue weighted by atomic mass is 10.0. The van der Waals surface area contributed by atoms with Crippen LogP contribution in [-0.2, 0) is 19.1 Å². The van der Waals surface area contributed by atoms with E-state index in [2.05, 4.69) is 62.5 Å². The molecule has 0 aromatic heterocycles. The fourth-order valence-corrected chi connectivity index (χ4v) is 5.19. The fraction of sp³-hybridized carbons (Fsp3) is 0.756. The van der Waals surface area contributed by atoms with E-state index in [9.17, 15) is 14.7 Å². The molecule has 0 saturated heterocycles. The molecule has 0 saturated carbocycles. The van der Waals surface area contributed by atoms with Crippen molar-refractivity contribution in [1.29, 1.82) is 0 Å². The van der Waals surface area contributed by atoms with Crippen molar-refractivity contribution in [3.05, 3.63) is 48.6 Å². The first-order valence-electron chi connectivity index (χ1n) is 19.2. The van der Waals surface area contributed by atoms with Crippen LogP contribution in [0.25, 0.3) is 0 Å². The zero-order chi connectivity index (χ0) is 33.6. The van der Waals surface area contributed by atoms with Crippen molar-refractivity contribution in [1.82, 2.24) is 0 Å². The third-order valence-electron chi connectivity index (χ3n) is 8.13. The summed E-state index contributed by atoms with van der Waals surface area (Å²) < 4.78 is 10.6. The van der Waals surface area contributed by atoms with Crippen molar-refractivity contribution < 1.29 is 24.2 Å². The quantitative estimate of drug-likeness (QED) is 0.0429. The predicted molar refractivity (Wildman–Crippen MR) is 196 cm³/mol. The SMILES string of the molecule is CCCCC/C=C/C/C=C/C/C=C/C/C=C/CCCC(=O)O[C@@H](CO)COC(=O)CCCCCCCCCCCCCCCCC. The number of carbonyl (C=O) groups excluding carboxylic acids is 2. The molecule has 0 amide bonds. The molecule has 1 atom stereocenters. The summed E-state index contributed by atoms with van der Waals surface area (Å²) in [6.07, 6.45) is 46.0. The van der Waals surface area contributed by atoms with Gasteiger partial charge in [-0.25, -0.2) is 0 Å². The van der Waals surface area contributed by atoms with Crippen LogP contribution in [-0.4, -0.2) is 36.4 Å². The zero-order valence-corrected chi connectivity index (χ0v) is 30.1. The number of allylic oxidation sites excluding steroid dienone is 8. The maximum Gasteiger partial charge on any atom is 0.306 e. The minimum atomic E-state index is -0.797. The molecular weight excluding hydrogens is 572 g/mol. The molecule has 0 radical (unpaired) electrons. The van der Waals surface area contributed by atoms with Crippen molar-refractivity contribution in [3.8, 4) is 0 Å². The number of hydrogen-bond acceptors (Lipinski definition) is 5. The first-order valence-corrected chi connectivity index (χ1v) is 19.2. The maximum atomic E-state index is 12.1. The van der Waals surface area contributed by atoms with E-state index >= 15 is 0 Å². The molecule has 0 aliphatic rings. The van der Waals surface area contributed by atoms with Crippen LogP contribution in [0, 0.1) is 0 Å². The van der Waals surface area contributed by atoms with Gasteiger partial charge in [-0.1, -0.05) is 165 Å². The number of carbonyl (C=O) groups is 2. The highest BCUT2D eigenvalue weighted by Crippen LogP contribution is 2.14. The largest absolute Gasteiger partial charge is 0.462 e. The van der Waals surface area contributed by atoms with Gasteiger partial charge in [0.05, 0.1) is 6.61 Å². The van der Waals surface area contributed by atoms with Crippen LogP contribution in [0.2, 0.25) is 0 Å². The molecule has 1 N–H and O–H groups in total. The average molecular weight is 645 g/mol. The molecule has 0 aromatic rings. The Morgan fingerprint density at radius 1 is 0.500 bits per heavy atom. The van der Waals surface area contributed by atoms with Crippen LogP contribution in [0.5, 0.6) is 0 Å². The number of esters is 2. The molecule has 0 aliphatic heterocycles. The highest BCUT2D eigenvalue weighted by molar-refractivity contribution is 5.70. The fourth-order valence-electron chi connectivity index (χ4n) is 5.19. The van der Waals surface area contributed by atoms with Gasteiger partial charge in [-0.05, 0) is 51.4 Å². The number of unbranched alkanes of at least 4 members (excludes halogenated alkanes) is 18. The summed E-state index contributed by atoms with van der Waals surface area (Å²) in [7, 11) is 0. The van der Waals surface area contributed by atoms with Gasteiger partial charge in [0.2, 0.25) is 0 Å². The molecule has 5 nitrogen and oxygen atoms in total. The minimum Gasteiger partial charge on any atom is -0.462 e. The molecular formula is C41H72O5. The average Bonchev–Trinajstić information content (AvgIpc) is 3.06. The molecule has 0 aliphatic carbocycles. The third-order valence-corrected chi connectivity index (χ3v) is 8.13. The Morgan fingerprint density at radius 2 is 0.891 bits per heavy atom. The van der Waals surface area contributed by atoms with Gasteiger partial charge in [-0.3, -0.25) is 9.59 Å². The normalized spacial score (nSPS) is 12.7. The lowest BCUT2D eigenvalue weighted by molar-refractivity contribution is -0.161. The first kappa shape index (κ1) is 43.9. The maximum absolute atomic E-state index is 12.1. The summed E-state index contributed by atoms with van der Waals surface area (Å²) in [6, 6.07) is 0. The van der Waals surface area contributed by atoms with Crippen LogP contribution in [0.3, 0.4) is 0 Å². The van der Waals surface area contributed by atoms with Crippen LogP contribution < -0.4 is 0 Å². The second-order valence-electron chi connectivity index (χ2n) is 12.7. The minimum absolute atomic E-state index is 0.0863. The summed E-state index contributed by atoms with van der Waals surface area (Å²) >= 11 is 0. The molecule has 0 bridgehead atoms. The lowest BCUT2D eigenvalue weighted by Crippen LogP contribution is -2.28. The lowest BCUT2D eigenvalue weighted by Gasteiger charge is -2.15. The smallest absolute Gasteiger partial charge is 0.306 e. The molecule has 0 unspecified atom stereocenters. The second-order valence-corrected chi connectivity index (χ2v) is 12.7. The summed E-state index contributed by atoms with van der Waals surface area (Å²) in [4.78, 5) is 24.2. The highest BCUT2D eigenvalue weighted by atomic mass is 16.6. The Labute approximate surface area is 284 Å². The van der Waals surface area contributed by atoms with E-state index in [-0.39, 0.29) is 31.6 Å². The monoisotopic (exact) mass is 645 g/mol. The molecule has 266 valence electrons. The third kappa shape index (κ3) is 34.7. The standard InChI is InChI=1S/C41H72O5/c1-3-5-7-9-11-13-15-17-19-20-22-24-26-28-30-32-34-36-41(44)46-39(37-42)38-45-40(43)35-33-31-29-27-25-23-21-18-16-14-12-10-8-6-4-2/h11,13,17,19,22,24,28,30,39,42H,3-10,12,14-16,18,20-21,23,25-27,29,31-38H2,1-2H3/b13-11+,19-17+,24-22+,30-28+/t39-/m0/s1. The Hall–Kier alpha value is -2.14. The van der Waals surface area contributed by atoms with E-state index in [4.69, 9.17) is 9.47 Å². The summed E-state index contributed by atoms with van der Waals surface area (Å²) in [5.74, 6) is -0.655. The number of aliphatic hydroxyl groups is 1. The van der Waals surface area contributed by atoms with Crippen molar-refractivity contribution in [3.63, 3.8) is 0 Å². The number of hydrogen-bond donors (Lipinski definition) is 1. The van der Waals surface area contributed by atoms with E-state index in [0.29, 0.717) is 12.8 Å². The van der Waals surface area contributed by atoms with Crippen molar-refractivity contribution >= 4 is 11.9 Å². The van der Waals surface area contributed by atoms with Gasteiger partial charge in [-0.2, -0.15) is 0 Å². The predicted octanol–water partition coefficient (Wildman–Crippen LogP) is 11.8. The van der Waals surface area contributed by atoms with Gasteiger partial charge in [0.1, 0.15) is 6.61 Å². The number of aliphatic hydroxyl groups excluding tert-OH is 1. The summed E-state index contributed by atoms with van der Waals surface area (Å²) in [5.41, 5.74) is 0. The Kier molecular flexibility index (Phi) is 35.6. The molecule has 0 rings (SSSR count). The van der Waals surface area contributed by atoms with Crippen LogP contribution in [0.15, 0.2) is 48.6 Å². The van der Waals surface area contributed by atoms with Crippen LogP contribution in [0.1, 0.15) is 181 Å². The van der Waals surface area contributed by atoms with E-state index in [0.717, 1.165) is 44.9 Å². The van der Waals surface area contributed by atoms with Gasteiger partial charge >= 0.3 is 11.9 Å². The molecule has 5 heteroatoms. The molecule has 0 heterocycles. The van der Waals surface area contributed by atoms with Gasteiger partial charge in [-0.15, -0.1) is 0 Å². The van der Waals surface area contributed by atoms with Crippen LogP contribution >= 0.6 is 0 Å². The van der Waals surface area contributed by atoms with Crippen LogP contribution in [0.4, 0.5) is 0 Å². The van der Waals surface area contributed by atoms with Gasteiger partial charge in [0, 0.05) is 12.8 Å². The Balaban J connectivity index is 3.66. The first-order chi connectivity index (χ1) is 22.6. The van der Waals surface area contributed by atoms with Crippen molar-refractivity contribution in [2.45, 2.75) is 187 Å². The van der Waals surface area contributed by atoms with Crippen molar-refractivity contribution in [2.75, 3.05) is 13.2 Å². The van der Waals surface area contributed by atoms with E-state index in [1.807, 2.05) is 0 Å². The van der Waals surface area contributed by atoms with Crippen molar-refractivity contribution in [2.24, 2.45) is 0 Å². The topological polar surface area (TPSA) is 72.8 Å². The Bertz CT molecular complexity index is 782. The molecule has 46 heavy (non-hydrogen) atoms. The number of rotatable bonds is 34. The Morgan fingerprint density at radius 3 is 1.37 bits per heavy atom. The number of ether oxygens (including phenoxy) is 2. The van der Waals surface area contributed by atoms with Gasteiger partial charge in [0.15, 0.2) is 6.10 Å². The summed E-state index contributed by atoms with van der Waals surface area (Å²) in [6.45, 7) is 4.06. The molecule has 0 aromatic carbocycles. The zero-order valence-electron chi connectivity index (χ0n) is 30.1. The summed E-state index contributed by atoms with van der Waals surface area (Å²) in [5, 5.41) is 9.53. The van der Waals surface area contributed by atoms with Gasteiger partial charge in [0.25, 0.3) is 0 Å². The van der Waals surface area contributed by atoms with E-state index in [1.54, 1.807) is 0 Å². The van der Waals surface area contributed by atoms with E-state index in [1.165, 1.54) is 103 Å². The molecule has 0 fully saturated rings. The van der Waals surface area contributed by atoms with Gasteiger partial charge < -0.3 is 14.6 Å². The second kappa shape index (κ2) is 37.3. The van der Waals surface area contributed by atoms with E-state index < -0.39 is 6.10 Å². The highest BCUT2D eigenvalue weighted by Gasteiger charge is 2.15.